The Labute approximate surface area is 56.8 Å². The van der Waals surface area contributed by atoms with Crippen LogP contribution in [0.5, 0.6) is 0 Å². The largest absolute Gasteiger partial charge is 0.303 e. The van der Waals surface area contributed by atoms with Crippen molar-refractivity contribution in [3.8, 4) is 0 Å². The number of aldehydes is 1. The average Bonchev–Trinajstić information content (AvgIpc) is 1.85. The molecule has 0 bridgehead atoms. The number of hydrogen-bond acceptors (Lipinski definition) is 1. The Bertz CT molecular complexity index is 94.7. The summed E-state index contributed by atoms with van der Waals surface area (Å²) in [4.78, 5) is 9.94. The molecule has 1 atom stereocenters. The van der Waals surface area contributed by atoms with Crippen LogP contribution in [0.15, 0.2) is 12.2 Å². The van der Waals surface area contributed by atoms with Gasteiger partial charge in [-0.05, 0) is 12.3 Å². The molecule has 0 heterocycles. The first-order chi connectivity index (χ1) is 4.31. The molecule has 0 unspecified atom stereocenters. The molecule has 0 aromatic rings. The Morgan fingerprint density at radius 3 is 2.67 bits per heavy atom. The second kappa shape index (κ2) is 5.54. The molecule has 1 nitrogen and oxygen atoms in total. The quantitative estimate of drug-likeness (QED) is 0.417. The maximum absolute atomic E-state index is 9.94. The van der Waals surface area contributed by atoms with Crippen molar-refractivity contribution in [3.05, 3.63) is 12.2 Å². The molecule has 0 radical (unpaired) electrons. The Kier molecular flexibility index (Phi) is 5.18. The van der Waals surface area contributed by atoms with Crippen LogP contribution < -0.4 is 0 Å². The van der Waals surface area contributed by atoms with Crippen molar-refractivity contribution >= 4 is 6.29 Å². The van der Waals surface area contributed by atoms with Crippen LogP contribution in [0.1, 0.15) is 26.7 Å². The minimum atomic E-state index is 0.419. The normalized spacial score (nSPS) is 14.0. The van der Waals surface area contributed by atoms with E-state index in [9.17, 15) is 4.79 Å². The Morgan fingerprint density at radius 2 is 2.22 bits per heavy atom. The number of carbonyl (C=O) groups excluding carboxylic acids is 1. The Hall–Kier alpha value is -0.590. The highest BCUT2D eigenvalue weighted by molar-refractivity contribution is 5.50. The standard InChI is InChI=1S/C8H14O/c1-3-4-5-8(2)6-7-9/h4-5,7-8H,3,6H2,1-2H3/t8-/m0/s1. The highest BCUT2D eigenvalue weighted by atomic mass is 16.1. The second-order valence-electron chi connectivity index (χ2n) is 2.22. The summed E-state index contributed by atoms with van der Waals surface area (Å²) in [6.45, 7) is 4.13. The molecule has 0 spiro atoms. The van der Waals surface area contributed by atoms with Gasteiger partial charge in [-0.15, -0.1) is 0 Å². The molecule has 0 aromatic heterocycles. The third-order valence-electron chi connectivity index (χ3n) is 1.17. The monoisotopic (exact) mass is 126 g/mol. The number of allylic oxidation sites excluding steroid dienone is 2. The van der Waals surface area contributed by atoms with Crippen molar-refractivity contribution in [1.29, 1.82) is 0 Å². The summed E-state index contributed by atoms with van der Waals surface area (Å²) in [7, 11) is 0. The first-order valence-electron chi connectivity index (χ1n) is 3.41. The van der Waals surface area contributed by atoms with Crippen LogP contribution in [-0.4, -0.2) is 6.29 Å². The van der Waals surface area contributed by atoms with Gasteiger partial charge in [0.25, 0.3) is 0 Å². The lowest BCUT2D eigenvalue weighted by molar-refractivity contribution is -0.108. The highest BCUT2D eigenvalue weighted by Crippen LogP contribution is 2.00. The molecular weight excluding hydrogens is 112 g/mol. The van der Waals surface area contributed by atoms with Crippen molar-refractivity contribution in [2.45, 2.75) is 26.7 Å². The van der Waals surface area contributed by atoms with E-state index in [1.807, 2.05) is 6.92 Å². The predicted molar refractivity (Wildman–Crippen MR) is 39.3 cm³/mol. The molecule has 0 fully saturated rings. The second-order valence-corrected chi connectivity index (χ2v) is 2.22. The van der Waals surface area contributed by atoms with Gasteiger partial charge >= 0.3 is 0 Å². The molecule has 1 heteroatoms. The summed E-state index contributed by atoms with van der Waals surface area (Å²) in [5.74, 6) is 0.419. The van der Waals surface area contributed by atoms with E-state index in [-0.39, 0.29) is 0 Å². The fourth-order valence-electron chi connectivity index (χ4n) is 0.599. The zero-order valence-corrected chi connectivity index (χ0v) is 6.13. The van der Waals surface area contributed by atoms with Crippen LogP contribution in [0.3, 0.4) is 0 Å². The molecule has 0 saturated carbocycles. The lowest BCUT2D eigenvalue weighted by Crippen LogP contribution is -1.88. The van der Waals surface area contributed by atoms with E-state index in [4.69, 9.17) is 0 Å². The van der Waals surface area contributed by atoms with Gasteiger partial charge in [-0.25, -0.2) is 0 Å². The lowest BCUT2D eigenvalue weighted by atomic mass is 10.1. The van der Waals surface area contributed by atoms with Gasteiger partial charge in [0, 0.05) is 6.42 Å². The fourth-order valence-corrected chi connectivity index (χ4v) is 0.599. The van der Waals surface area contributed by atoms with Crippen LogP contribution in [-0.2, 0) is 4.79 Å². The summed E-state index contributed by atoms with van der Waals surface area (Å²) in [5.41, 5.74) is 0. The molecule has 0 amide bonds. The topological polar surface area (TPSA) is 17.1 Å². The van der Waals surface area contributed by atoms with Crippen molar-refractivity contribution < 1.29 is 4.79 Å². The third-order valence-corrected chi connectivity index (χ3v) is 1.17. The van der Waals surface area contributed by atoms with Crippen molar-refractivity contribution in [2.75, 3.05) is 0 Å². The van der Waals surface area contributed by atoms with Gasteiger partial charge in [0.2, 0.25) is 0 Å². The molecule has 0 aliphatic heterocycles. The summed E-state index contributed by atoms with van der Waals surface area (Å²) >= 11 is 0. The minimum Gasteiger partial charge on any atom is -0.303 e. The van der Waals surface area contributed by atoms with E-state index in [0.29, 0.717) is 12.3 Å². The number of hydrogen-bond donors (Lipinski definition) is 0. The van der Waals surface area contributed by atoms with Gasteiger partial charge in [-0.2, -0.15) is 0 Å². The first kappa shape index (κ1) is 8.41. The van der Waals surface area contributed by atoms with Gasteiger partial charge in [0.1, 0.15) is 6.29 Å². The zero-order chi connectivity index (χ0) is 7.11. The number of carbonyl (C=O) groups is 1. The maximum Gasteiger partial charge on any atom is 0.120 e. The highest BCUT2D eigenvalue weighted by Gasteiger charge is 1.91. The summed E-state index contributed by atoms with van der Waals surface area (Å²) < 4.78 is 0. The SMILES string of the molecule is CCC=C[C@H](C)CC=O. The van der Waals surface area contributed by atoms with Crippen LogP contribution in [0.4, 0.5) is 0 Å². The van der Waals surface area contributed by atoms with Gasteiger partial charge in [-0.3, -0.25) is 0 Å². The predicted octanol–water partition coefficient (Wildman–Crippen LogP) is 2.18. The average molecular weight is 126 g/mol. The Balaban J connectivity index is 3.35. The van der Waals surface area contributed by atoms with Gasteiger partial charge in [-0.1, -0.05) is 26.0 Å². The van der Waals surface area contributed by atoms with E-state index in [2.05, 4.69) is 19.1 Å². The van der Waals surface area contributed by atoms with Crippen molar-refractivity contribution in [3.63, 3.8) is 0 Å². The molecule has 52 valence electrons. The molecule has 0 rings (SSSR count). The molecule has 0 N–H and O–H groups in total. The molecule has 0 aliphatic carbocycles. The zero-order valence-electron chi connectivity index (χ0n) is 6.13. The van der Waals surface area contributed by atoms with Crippen LogP contribution >= 0.6 is 0 Å². The van der Waals surface area contributed by atoms with Crippen molar-refractivity contribution in [1.82, 2.24) is 0 Å². The van der Waals surface area contributed by atoms with E-state index >= 15 is 0 Å². The fraction of sp³-hybridized carbons (Fsp3) is 0.625. The van der Waals surface area contributed by atoms with Gasteiger partial charge < -0.3 is 4.79 Å². The van der Waals surface area contributed by atoms with Gasteiger partial charge in [0.05, 0.1) is 0 Å². The third kappa shape index (κ3) is 5.28. The van der Waals surface area contributed by atoms with Crippen LogP contribution in [0.2, 0.25) is 0 Å². The van der Waals surface area contributed by atoms with Crippen LogP contribution in [0.25, 0.3) is 0 Å². The summed E-state index contributed by atoms with van der Waals surface area (Å²) in [6.07, 6.45) is 6.84. The molecule has 0 aliphatic rings. The Morgan fingerprint density at radius 1 is 1.56 bits per heavy atom. The molecule has 0 aromatic carbocycles. The molecular formula is C8H14O. The minimum absolute atomic E-state index is 0.419. The maximum atomic E-state index is 9.94. The molecule has 9 heavy (non-hydrogen) atoms. The first-order valence-corrected chi connectivity index (χ1v) is 3.41. The number of rotatable bonds is 4. The lowest BCUT2D eigenvalue weighted by Gasteiger charge is -1.96. The van der Waals surface area contributed by atoms with Crippen LogP contribution in [0, 0.1) is 5.92 Å². The van der Waals surface area contributed by atoms with Gasteiger partial charge in [0.15, 0.2) is 0 Å². The smallest absolute Gasteiger partial charge is 0.120 e. The van der Waals surface area contributed by atoms with Crippen molar-refractivity contribution in [2.24, 2.45) is 5.92 Å². The van der Waals surface area contributed by atoms with E-state index in [1.165, 1.54) is 0 Å². The summed E-state index contributed by atoms with van der Waals surface area (Å²) in [5, 5.41) is 0. The van der Waals surface area contributed by atoms with E-state index < -0.39 is 0 Å². The summed E-state index contributed by atoms with van der Waals surface area (Å²) in [6, 6.07) is 0. The van der Waals surface area contributed by atoms with E-state index in [1.54, 1.807) is 0 Å². The van der Waals surface area contributed by atoms with E-state index in [0.717, 1.165) is 12.7 Å². The molecule has 0 saturated heterocycles.